The number of halogens is 3. The van der Waals surface area contributed by atoms with Crippen molar-refractivity contribution >= 4 is 34.4 Å². The highest BCUT2D eigenvalue weighted by molar-refractivity contribution is 5.97. The SMILES string of the molecule is COc1ccc(CC(=O)Nc2ccc(C(=O)N(CC(=O)O)Cc3ccc4nc(-c5ccccc5)[nH]c(=O)c4c3)cc2)c(C(F)(F)F)c1. The molecule has 0 aliphatic rings. The zero-order chi connectivity index (χ0) is 33.7. The van der Waals surface area contributed by atoms with Crippen LogP contribution in [0, 0.1) is 0 Å². The van der Waals surface area contributed by atoms with Gasteiger partial charge in [0.25, 0.3) is 11.5 Å². The molecule has 5 aromatic rings. The van der Waals surface area contributed by atoms with Crippen molar-refractivity contribution in [1.29, 1.82) is 0 Å². The minimum absolute atomic E-state index is 0.00221. The molecule has 0 aliphatic carbocycles. The number of aromatic amines is 1. The number of alkyl halides is 3. The van der Waals surface area contributed by atoms with Gasteiger partial charge in [-0.2, -0.15) is 13.2 Å². The molecule has 0 spiro atoms. The summed E-state index contributed by atoms with van der Waals surface area (Å²) in [6.45, 7) is -0.775. The topological polar surface area (TPSA) is 142 Å². The Kier molecular flexibility index (Phi) is 9.36. The maximum absolute atomic E-state index is 13.5. The molecule has 1 heterocycles. The van der Waals surface area contributed by atoms with E-state index in [-0.39, 0.29) is 34.5 Å². The lowest BCUT2D eigenvalue weighted by Crippen LogP contribution is -2.35. The summed E-state index contributed by atoms with van der Waals surface area (Å²) in [6.07, 6.45) is -5.26. The van der Waals surface area contributed by atoms with Gasteiger partial charge in [-0.1, -0.05) is 42.5 Å². The first kappa shape index (κ1) is 32.4. The van der Waals surface area contributed by atoms with Gasteiger partial charge in [0.1, 0.15) is 18.1 Å². The number of methoxy groups -OCH3 is 1. The maximum atomic E-state index is 13.5. The Morgan fingerprint density at radius 2 is 1.68 bits per heavy atom. The minimum Gasteiger partial charge on any atom is -0.497 e. The molecule has 13 heteroatoms. The molecule has 0 atom stereocenters. The largest absolute Gasteiger partial charge is 0.497 e. The number of benzene rings is 4. The van der Waals surface area contributed by atoms with Crippen molar-refractivity contribution in [3.05, 3.63) is 124 Å². The lowest BCUT2D eigenvalue weighted by atomic mass is 10.0. The number of carbonyl (C=O) groups excluding carboxylic acids is 2. The summed E-state index contributed by atoms with van der Waals surface area (Å²) < 4.78 is 45.4. The van der Waals surface area contributed by atoms with Crippen LogP contribution < -0.4 is 15.6 Å². The van der Waals surface area contributed by atoms with Crippen LogP contribution >= 0.6 is 0 Å². The molecule has 0 saturated carbocycles. The molecule has 5 rings (SSSR count). The highest BCUT2D eigenvalue weighted by atomic mass is 19.4. The summed E-state index contributed by atoms with van der Waals surface area (Å²) in [5.74, 6) is -2.21. The quantitative estimate of drug-likeness (QED) is 0.182. The van der Waals surface area contributed by atoms with Crippen molar-refractivity contribution in [2.24, 2.45) is 0 Å². The van der Waals surface area contributed by atoms with Crippen LogP contribution in [0.3, 0.4) is 0 Å². The minimum atomic E-state index is -4.70. The molecule has 0 fully saturated rings. The summed E-state index contributed by atoms with van der Waals surface area (Å²) in [5.41, 5.74) is 0.337. The van der Waals surface area contributed by atoms with E-state index in [1.807, 2.05) is 30.3 Å². The van der Waals surface area contributed by atoms with Crippen LogP contribution in [-0.2, 0) is 28.7 Å². The van der Waals surface area contributed by atoms with E-state index >= 15 is 0 Å². The van der Waals surface area contributed by atoms with Gasteiger partial charge in [-0.25, -0.2) is 4.98 Å². The molecule has 2 amide bonds. The lowest BCUT2D eigenvalue weighted by Gasteiger charge is -2.21. The first-order valence-corrected chi connectivity index (χ1v) is 14.1. The number of aliphatic carboxylic acids is 1. The fourth-order valence-electron chi connectivity index (χ4n) is 4.96. The summed E-state index contributed by atoms with van der Waals surface area (Å²) in [6, 6.07) is 22.7. The zero-order valence-electron chi connectivity index (χ0n) is 24.8. The van der Waals surface area contributed by atoms with E-state index in [1.54, 1.807) is 18.2 Å². The Hall–Kier alpha value is -5.98. The van der Waals surface area contributed by atoms with Crippen LogP contribution in [0.15, 0.2) is 95.8 Å². The molecule has 0 bridgehead atoms. The van der Waals surface area contributed by atoms with E-state index in [9.17, 15) is 37.5 Å². The number of carboxylic acid groups (broad SMARTS) is 1. The number of carbonyl (C=O) groups is 3. The number of aromatic nitrogens is 2. The van der Waals surface area contributed by atoms with E-state index in [0.717, 1.165) is 16.5 Å². The van der Waals surface area contributed by atoms with E-state index in [4.69, 9.17) is 4.74 Å². The van der Waals surface area contributed by atoms with E-state index in [2.05, 4.69) is 15.3 Å². The van der Waals surface area contributed by atoms with Crippen molar-refractivity contribution in [3.8, 4) is 17.1 Å². The number of rotatable bonds is 10. The third-order valence-corrected chi connectivity index (χ3v) is 7.19. The number of hydrogen-bond donors (Lipinski definition) is 3. The van der Waals surface area contributed by atoms with Gasteiger partial charge in [0, 0.05) is 23.4 Å². The van der Waals surface area contributed by atoms with Gasteiger partial charge in [0.2, 0.25) is 5.91 Å². The summed E-state index contributed by atoms with van der Waals surface area (Å²) >= 11 is 0. The molecule has 0 saturated heterocycles. The Labute approximate surface area is 265 Å². The number of hydrogen-bond acceptors (Lipinski definition) is 6. The van der Waals surface area contributed by atoms with Gasteiger partial charge >= 0.3 is 12.1 Å². The summed E-state index contributed by atoms with van der Waals surface area (Å²) in [5, 5.41) is 12.3. The number of H-pyrrole nitrogens is 1. The molecular weight excluding hydrogens is 617 g/mol. The Morgan fingerprint density at radius 3 is 2.34 bits per heavy atom. The molecule has 240 valence electrons. The fourth-order valence-corrected chi connectivity index (χ4v) is 4.96. The third kappa shape index (κ3) is 7.82. The van der Waals surface area contributed by atoms with Gasteiger partial charge in [-0.15, -0.1) is 0 Å². The summed E-state index contributed by atoms with van der Waals surface area (Å²) in [7, 11) is 1.24. The monoisotopic (exact) mass is 644 g/mol. The van der Waals surface area contributed by atoms with Crippen LogP contribution in [0.4, 0.5) is 18.9 Å². The normalized spacial score (nSPS) is 11.2. The number of ether oxygens (including phenoxy) is 1. The molecule has 0 radical (unpaired) electrons. The Bertz CT molecular complexity index is 2010. The maximum Gasteiger partial charge on any atom is 0.416 e. The van der Waals surface area contributed by atoms with Crippen molar-refractivity contribution in [3.63, 3.8) is 0 Å². The van der Waals surface area contributed by atoms with Crippen LogP contribution in [0.2, 0.25) is 0 Å². The van der Waals surface area contributed by atoms with Gasteiger partial charge in [0.15, 0.2) is 0 Å². The molecule has 4 aromatic carbocycles. The van der Waals surface area contributed by atoms with Crippen molar-refractivity contribution < 1.29 is 37.4 Å². The standard InChI is InChI=1S/C34H27F3N4O6/c1-47-25-13-10-23(27(17-25)34(35,36)37)16-29(42)38-24-11-8-22(9-12-24)33(46)41(19-30(43)44)18-20-7-14-28-26(15-20)32(45)40-31(39-28)21-5-3-2-4-6-21/h2-15,17H,16,18-19H2,1H3,(H,38,42)(H,43,44)(H,39,40,45). The highest BCUT2D eigenvalue weighted by Crippen LogP contribution is 2.34. The van der Waals surface area contributed by atoms with Gasteiger partial charge < -0.3 is 25.0 Å². The van der Waals surface area contributed by atoms with Gasteiger partial charge in [-0.05, 0) is 59.7 Å². The van der Waals surface area contributed by atoms with Gasteiger partial charge in [-0.3, -0.25) is 19.2 Å². The smallest absolute Gasteiger partial charge is 0.416 e. The third-order valence-electron chi connectivity index (χ3n) is 7.19. The Morgan fingerprint density at radius 1 is 0.957 bits per heavy atom. The molecule has 0 unspecified atom stereocenters. The second kappa shape index (κ2) is 13.6. The molecular formula is C34H27F3N4O6. The number of nitrogens with one attached hydrogen (secondary N) is 2. The first-order valence-electron chi connectivity index (χ1n) is 14.1. The van der Waals surface area contributed by atoms with Crippen molar-refractivity contribution in [1.82, 2.24) is 14.9 Å². The lowest BCUT2D eigenvalue weighted by molar-refractivity contribution is -0.139. The number of nitrogens with zero attached hydrogens (tertiary/aromatic N) is 2. The zero-order valence-corrected chi connectivity index (χ0v) is 24.8. The molecule has 47 heavy (non-hydrogen) atoms. The van der Waals surface area contributed by atoms with Crippen molar-refractivity contribution in [2.45, 2.75) is 19.1 Å². The molecule has 10 nitrogen and oxygen atoms in total. The fraction of sp³-hybridized carbons (Fsp3) is 0.147. The molecule has 0 aliphatic heterocycles. The van der Waals surface area contributed by atoms with Crippen LogP contribution in [0.25, 0.3) is 22.3 Å². The van der Waals surface area contributed by atoms with E-state index in [1.165, 1.54) is 43.5 Å². The predicted octanol–water partition coefficient (Wildman–Crippen LogP) is 5.53. The van der Waals surface area contributed by atoms with Crippen LogP contribution in [0.5, 0.6) is 5.75 Å². The first-order chi connectivity index (χ1) is 22.4. The number of anilines is 1. The second-order valence-electron chi connectivity index (χ2n) is 10.5. The Balaban J connectivity index is 1.30. The number of fused-ring (bicyclic) bond motifs is 1. The number of carboxylic acids is 1. The summed E-state index contributed by atoms with van der Waals surface area (Å²) in [4.78, 5) is 58.8. The molecule has 3 N–H and O–H groups in total. The highest BCUT2D eigenvalue weighted by Gasteiger charge is 2.34. The van der Waals surface area contributed by atoms with Crippen LogP contribution in [-0.4, -0.2) is 51.4 Å². The van der Waals surface area contributed by atoms with Gasteiger partial charge in [0.05, 0.1) is 30.0 Å². The predicted molar refractivity (Wildman–Crippen MR) is 167 cm³/mol. The van der Waals surface area contributed by atoms with E-state index in [0.29, 0.717) is 16.9 Å². The van der Waals surface area contributed by atoms with Crippen LogP contribution in [0.1, 0.15) is 27.0 Å². The average Bonchev–Trinajstić information content (AvgIpc) is 3.04. The van der Waals surface area contributed by atoms with Crippen molar-refractivity contribution in [2.75, 3.05) is 19.0 Å². The average molecular weight is 645 g/mol. The molecule has 1 aromatic heterocycles. The second-order valence-corrected chi connectivity index (χ2v) is 10.5. The number of amides is 2. The van der Waals surface area contributed by atoms with E-state index < -0.39 is 48.0 Å².